The van der Waals surface area contributed by atoms with Crippen molar-refractivity contribution >= 4 is 5.96 Å². The minimum absolute atomic E-state index is 0.229. The van der Waals surface area contributed by atoms with Gasteiger partial charge in [0.2, 0.25) is 0 Å². The molecule has 20 heavy (non-hydrogen) atoms. The first-order chi connectivity index (χ1) is 9.42. The van der Waals surface area contributed by atoms with Crippen LogP contribution in [-0.2, 0) is 0 Å². The molecule has 1 saturated carbocycles. The number of aliphatic imine (C=N–C) groups is 1. The van der Waals surface area contributed by atoms with E-state index in [0.29, 0.717) is 5.41 Å². The average Bonchev–Trinajstić information content (AvgIpc) is 2.73. The summed E-state index contributed by atoms with van der Waals surface area (Å²) in [7, 11) is 0. The van der Waals surface area contributed by atoms with Gasteiger partial charge in [0.1, 0.15) is 0 Å². The topological polar surface area (TPSA) is 44.9 Å². The summed E-state index contributed by atoms with van der Waals surface area (Å²) < 4.78 is 0. The van der Waals surface area contributed by atoms with E-state index in [1.54, 1.807) is 0 Å². The van der Waals surface area contributed by atoms with Gasteiger partial charge in [-0.1, -0.05) is 27.7 Å². The molecule has 0 radical (unpaired) electrons. The Hall–Kier alpha value is -0.770. The van der Waals surface area contributed by atoms with E-state index >= 15 is 0 Å². The van der Waals surface area contributed by atoms with Gasteiger partial charge in [-0.05, 0) is 44.2 Å². The van der Waals surface area contributed by atoms with Crippen LogP contribution in [0.3, 0.4) is 0 Å². The molecule has 0 saturated heterocycles. The summed E-state index contributed by atoms with van der Waals surface area (Å²) in [6, 6.07) is 0. The number of nitrogens with zero attached hydrogens (tertiary/aromatic N) is 3. The molecule has 0 unspecified atom stereocenters. The summed E-state index contributed by atoms with van der Waals surface area (Å²) in [6.07, 6.45) is 5.06. The minimum Gasteiger partial charge on any atom is -0.370 e. The third-order valence-electron chi connectivity index (χ3n) is 5.45. The molecule has 0 aromatic carbocycles. The lowest BCUT2D eigenvalue weighted by molar-refractivity contribution is 0.0767. The van der Waals surface area contributed by atoms with Gasteiger partial charge in [-0.25, -0.2) is 0 Å². The Bertz CT molecular complexity index is 347. The van der Waals surface area contributed by atoms with Gasteiger partial charge in [0, 0.05) is 13.1 Å². The molecule has 0 atom stereocenters. The van der Waals surface area contributed by atoms with E-state index in [1.165, 1.54) is 25.7 Å². The van der Waals surface area contributed by atoms with E-state index in [4.69, 9.17) is 5.73 Å². The van der Waals surface area contributed by atoms with Gasteiger partial charge in [-0.2, -0.15) is 0 Å². The molecule has 2 N–H and O–H groups in total. The first-order valence-electron chi connectivity index (χ1n) is 8.22. The standard InChI is InChI=1S/C16H32N4/c1-5-19(6-2)11-12-20-14(17)18-13-16(20)9-7-15(3,4)8-10-16/h5-13H2,1-4H3,(H2,17,18). The molecule has 0 aromatic rings. The molecular weight excluding hydrogens is 248 g/mol. The van der Waals surface area contributed by atoms with E-state index < -0.39 is 0 Å². The fraction of sp³-hybridized carbons (Fsp3) is 0.938. The lowest BCUT2D eigenvalue weighted by Crippen LogP contribution is -2.56. The third kappa shape index (κ3) is 3.11. The zero-order valence-electron chi connectivity index (χ0n) is 13.8. The van der Waals surface area contributed by atoms with E-state index in [-0.39, 0.29) is 5.54 Å². The third-order valence-corrected chi connectivity index (χ3v) is 5.45. The second kappa shape index (κ2) is 5.92. The van der Waals surface area contributed by atoms with Gasteiger partial charge in [-0.3, -0.25) is 4.99 Å². The van der Waals surface area contributed by atoms with Crippen LogP contribution in [0.1, 0.15) is 53.4 Å². The summed E-state index contributed by atoms with van der Waals surface area (Å²) in [4.78, 5) is 9.46. The van der Waals surface area contributed by atoms with Crippen LogP contribution in [0.5, 0.6) is 0 Å². The molecule has 4 nitrogen and oxygen atoms in total. The van der Waals surface area contributed by atoms with Gasteiger partial charge in [-0.15, -0.1) is 0 Å². The number of guanidine groups is 1. The molecule has 1 aliphatic heterocycles. The number of hydrogen-bond donors (Lipinski definition) is 1. The van der Waals surface area contributed by atoms with Crippen LogP contribution >= 0.6 is 0 Å². The molecular formula is C16H32N4. The highest BCUT2D eigenvalue weighted by atomic mass is 15.4. The highest BCUT2D eigenvalue weighted by Crippen LogP contribution is 2.44. The largest absolute Gasteiger partial charge is 0.370 e. The second-order valence-electron chi connectivity index (χ2n) is 7.24. The van der Waals surface area contributed by atoms with Gasteiger partial charge < -0.3 is 15.5 Å². The smallest absolute Gasteiger partial charge is 0.191 e. The van der Waals surface area contributed by atoms with Gasteiger partial charge in [0.15, 0.2) is 5.96 Å². The van der Waals surface area contributed by atoms with Crippen LogP contribution in [0, 0.1) is 5.41 Å². The Morgan fingerprint density at radius 3 is 2.30 bits per heavy atom. The van der Waals surface area contributed by atoms with Crippen molar-refractivity contribution < 1.29 is 0 Å². The fourth-order valence-corrected chi connectivity index (χ4v) is 3.60. The summed E-state index contributed by atoms with van der Waals surface area (Å²) in [6.45, 7) is 14.5. The lowest BCUT2D eigenvalue weighted by Gasteiger charge is -2.47. The second-order valence-corrected chi connectivity index (χ2v) is 7.24. The molecule has 1 fully saturated rings. The lowest BCUT2D eigenvalue weighted by atomic mass is 9.69. The first kappa shape index (κ1) is 15.6. The van der Waals surface area contributed by atoms with Crippen molar-refractivity contribution in [3.8, 4) is 0 Å². The first-order valence-corrected chi connectivity index (χ1v) is 8.22. The minimum atomic E-state index is 0.229. The molecule has 0 amide bonds. The summed E-state index contributed by atoms with van der Waals surface area (Å²) >= 11 is 0. The van der Waals surface area contributed by atoms with Crippen LogP contribution in [0.15, 0.2) is 4.99 Å². The SMILES string of the molecule is CCN(CC)CCN1C(N)=NCC12CCC(C)(C)CC2. The maximum absolute atomic E-state index is 6.18. The normalized spacial score (nSPS) is 24.4. The molecule has 1 aliphatic carbocycles. The number of likely N-dealkylation sites (N-methyl/N-ethyl adjacent to an activating group) is 1. The highest BCUT2D eigenvalue weighted by molar-refractivity contribution is 5.81. The van der Waals surface area contributed by atoms with Crippen LogP contribution in [-0.4, -0.2) is 54.0 Å². The van der Waals surface area contributed by atoms with Crippen LogP contribution in [0.25, 0.3) is 0 Å². The van der Waals surface area contributed by atoms with Crippen LogP contribution in [0.2, 0.25) is 0 Å². The van der Waals surface area contributed by atoms with Gasteiger partial charge in [0.25, 0.3) is 0 Å². The van der Waals surface area contributed by atoms with Crippen molar-refractivity contribution in [2.24, 2.45) is 16.1 Å². The molecule has 0 aromatic heterocycles. The maximum Gasteiger partial charge on any atom is 0.191 e. The van der Waals surface area contributed by atoms with E-state index in [1.807, 2.05) is 0 Å². The predicted molar refractivity (Wildman–Crippen MR) is 86.0 cm³/mol. The molecule has 1 heterocycles. The van der Waals surface area contributed by atoms with Crippen LogP contribution in [0.4, 0.5) is 0 Å². The Morgan fingerprint density at radius 1 is 1.15 bits per heavy atom. The fourth-order valence-electron chi connectivity index (χ4n) is 3.60. The Morgan fingerprint density at radius 2 is 1.75 bits per heavy atom. The monoisotopic (exact) mass is 280 g/mol. The number of rotatable bonds is 5. The maximum atomic E-state index is 6.18. The van der Waals surface area contributed by atoms with Crippen LogP contribution < -0.4 is 5.73 Å². The highest BCUT2D eigenvalue weighted by Gasteiger charge is 2.46. The van der Waals surface area contributed by atoms with Crippen molar-refractivity contribution in [3.05, 3.63) is 0 Å². The Labute approximate surface area is 124 Å². The van der Waals surface area contributed by atoms with Crippen molar-refractivity contribution in [1.82, 2.24) is 9.80 Å². The Kier molecular flexibility index (Phi) is 4.62. The zero-order valence-corrected chi connectivity index (χ0v) is 13.8. The van der Waals surface area contributed by atoms with Crippen molar-refractivity contribution in [3.63, 3.8) is 0 Å². The van der Waals surface area contributed by atoms with E-state index in [0.717, 1.165) is 38.7 Å². The van der Waals surface area contributed by atoms with Gasteiger partial charge >= 0.3 is 0 Å². The van der Waals surface area contributed by atoms with Crippen molar-refractivity contribution in [2.75, 3.05) is 32.7 Å². The predicted octanol–water partition coefficient (Wildman–Crippen LogP) is 2.30. The summed E-state index contributed by atoms with van der Waals surface area (Å²) in [5.41, 5.74) is 6.90. The van der Waals surface area contributed by atoms with Gasteiger partial charge in [0.05, 0.1) is 12.1 Å². The Balaban J connectivity index is 1.99. The summed E-state index contributed by atoms with van der Waals surface area (Å²) in [5, 5.41) is 0. The van der Waals surface area contributed by atoms with E-state index in [2.05, 4.69) is 42.5 Å². The quantitative estimate of drug-likeness (QED) is 0.840. The van der Waals surface area contributed by atoms with E-state index in [9.17, 15) is 0 Å². The summed E-state index contributed by atoms with van der Waals surface area (Å²) in [5.74, 6) is 0.775. The molecule has 2 rings (SSSR count). The molecule has 1 spiro atoms. The number of nitrogens with two attached hydrogens (primary N) is 1. The van der Waals surface area contributed by atoms with Crippen molar-refractivity contribution in [2.45, 2.75) is 58.9 Å². The molecule has 0 bridgehead atoms. The molecule has 4 heteroatoms. The number of hydrogen-bond acceptors (Lipinski definition) is 4. The molecule has 116 valence electrons. The van der Waals surface area contributed by atoms with Crippen molar-refractivity contribution in [1.29, 1.82) is 0 Å². The molecule has 2 aliphatic rings. The average molecular weight is 280 g/mol. The zero-order chi connectivity index (χ0) is 14.8.